The van der Waals surface area contributed by atoms with Gasteiger partial charge in [-0.3, -0.25) is 0 Å². The smallest absolute Gasteiger partial charge is 0.112 e. The van der Waals surface area contributed by atoms with E-state index in [1.54, 1.807) is 0 Å². The maximum absolute atomic E-state index is 10.7. The van der Waals surface area contributed by atoms with Crippen molar-refractivity contribution in [1.29, 1.82) is 0 Å². The second-order valence-corrected chi connectivity index (χ2v) is 8.35. The summed E-state index contributed by atoms with van der Waals surface area (Å²) in [5.41, 5.74) is 1.75. The molecule has 24 heavy (non-hydrogen) atoms. The standard InChI is InChI=1S/C21H26NO.BrH/c1-21-18-8-9-19(21)20(23)14-22(21,11-10-18)13-15-6-7-16-4-2-3-5-17(16)12-15;/h2-7,12,18-20,23H,8-11,13-14H2,1H3;1H/q+1;/p-1/t18-,19+,20+,21+,22+;/m0./s1. The van der Waals surface area contributed by atoms with Crippen molar-refractivity contribution in [2.75, 3.05) is 13.1 Å². The predicted octanol–water partition coefficient (Wildman–Crippen LogP) is 0.724. The topological polar surface area (TPSA) is 20.2 Å². The molecule has 0 bridgehead atoms. The van der Waals surface area contributed by atoms with E-state index in [2.05, 4.69) is 49.4 Å². The molecule has 2 aliphatic heterocycles. The van der Waals surface area contributed by atoms with Gasteiger partial charge in [0, 0.05) is 23.8 Å². The summed E-state index contributed by atoms with van der Waals surface area (Å²) >= 11 is 0. The fourth-order valence-electron chi connectivity index (χ4n) is 6.44. The van der Waals surface area contributed by atoms with E-state index >= 15 is 0 Å². The molecule has 1 aliphatic carbocycles. The molecule has 2 heterocycles. The van der Waals surface area contributed by atoms with E-state index in [4.69, 9.17) is 0 Å². The second-order valence-electron chi connectivity index (χ2n) is 8.35. The number of aliphatic hydroxyl groups is 1. The minimum absolute atomic E-state index is 0. The van der Waals surface area contributed by atoms with Gasteiger partial charge in [0.2, 0.25) is 0 Å². The van der Waals surface area contributed by atoms with Crippen LogP contribution in [0.5, 0.6) is 0 Å². The van der Waals surface area contributed by atoms with Gasteiger partial charge in [0.1, 0.15) is 24.7 Å². The first-order chi connectivity index (χ1) is 11.1. The third-order valence-electron chi connectivity index (χ3n) is 7.63. The van der Waals surface area contributed by atoms with Crippen molar-refractivity contribution in [3.05, 3.63) is 48.0 Å². The highest BCUT2D eigenvalue weighted by atomic mass is 79.9. The molecule has 128 valence electrons. The van der Waals surface area contributed by atoms with Crippen LogP contribution in [0.3, 0.4) is 0 Å². The highest BCUT2D eigenvalue weighted by molar-refractivity contribution is 5.82. The highest BCUT2D eigenvalue weighted by Gasteiger charge is 2.70. The Morgan fingerprint density at radius 3 is 2.71 bits per heavy atom. The number of hydrogen-bond acceptors (Lipinski definition) is 1. The number of fused-ring (bicyclic) bond motifs is 1. The van der Waals surface area contributed by atoms with Crippen LogP contribution in [-0.4, -0.2) is 34.3 Å². The fourth-order valence-corrected chi connectivity index (χ4v) is 6.44. The molecule has 0 amide bonds. The molecule has 2 aromatic rings. The fraction of sp³-hybridized carbons (Fsp3) is 0.524. The van der Waals surface area contributed by atoms with Crippen LogP contribution in [0.25, 0.3) is 10.8 Å². The zero-order valence-corrected chi connectivity index (χ0v) is 15.9. The molecule has 3 heteroatoms. The Kier molecular flexibility index (Phi) is 3.83. The molecule has 5 atom stereocenters. The quantitative estimate of drug-likeness (QED) is 0.752. The molecule has 1 N–H and O–H groups in total. The van der Waals surface area contributed by atoms with E-state index in [0.29, 0.717) is 11.5 Å². The van der Waals surface area contributed by atoms with Gasteiger partial charge in [-0.25, -0.2) is 0 Å². The molecule has 0 spiro atoms. The summed E-state index contributed by atoms with van der Waals surface area (Å²) in [5.74, 6) is 1.35. The molecule has 0 aromatic heterocycles. The minimum atomic E-state index is -0.0919. The van der Waals surface area contributed by atoms with Gasteiger partial charge in [0.15, 0.2) is 0 Å². The van der Waals surface area contributed by atoms with Crippen LogP contribution >= 0.6 is 0 Å². The molecular formula is C21H26BrNO. The van der Waals surface area contributed by atoms with Crippen molar-refractivity contribution in [3.8, 4) is 0 Å². The molecule has 3 fully saturated rings. The molecule has 3 aliphatic rings. The molecule has 5 rings (SSSR count). The molecule has 2 nitrogen and oxygen atoms in total. The first-order valence-corrected chi connectivity index (χ1v) is 9.14. The number of quaternary nitrogens is 1. The van der Waals surface area contributed by atoms with Gasteiger partial charge in [0.05, 0.1) is 6.54 Å². The Morgan fingerprint density at radius 2 is 1.88 bits per heavy atom. The zero-order valence-electron chi connectivity index (χ0n) is 14.3. The highest BCUT2D eigenvalue weighted by Crippen LogP contribution is 2.60. The molecule has 0 unspecified atom stereocenters. The maximum atomic E-state index is 10.7. The third kappa shape index (κ3) is 2.01. The van der Waals surface area contributed by atoms with E-state index in [1.807, 2.05) is 0 Å². The summed E-state index contributed by atoms with van der Waals surface area (Å²) in [7, 11) is 0. The molecular weight excluding hydrogens is 362 g/mol. The number of nitrogens with zero attached hydrogens (tertiary/aromatic N) is 1. The van der Waals surface area contributed by atoms with Crippen LogP contribution in [-0.2, 0) is 6.54 Å². The van der Waals surface area contributed by atoms with Crippen LogP contribution < -0.4 is 17.0 Å². The minimum Gasteiger partial charge on any atom is -1.00 e. The summed E-state index contributed by atoms with van der Waals surface area (Å²) in [4.78, 5) is 0. The lowest BCUT2D eigenvalue weighted by Crippen LogP contribution is -3.00. The normalized spacial score (nSPS) is 39.8. The Labute approximate surface area is 154 Å². The second kappa shape index (κ2) is 5.55. The average Bonchev–Trinajstić information content (AvgIpc) is 3.10. The van der Waals surface area contributed by atoms with Crippen molar-refractivity contribution >= 4 is 10.8 Å². The van der Waals surface area contributed by atoms with Crippen LogP contribution in [0.15, 0.2) is 42.5 Å². The van der Waals surface area contributed by atoms with Gasteiger partial charge in [-0.2, -0.15) is 0 Å². The third-order valence-corrected chi connectivity index (χ3v) is 7.63. The Bertz CT molecular complexity index is 777. The Morgan fingerprint density at radius 1 is 1.08 bits per heavy atom. The Balaban J connectivity index is 0.00000146. The van der Waals surface area contributed by atoms with Gasteiger partial charge in [0.25, 0.3) is 0 Å². The van der Waals surface area contributed by atoms with Crippen molar-refractivity contribution in [2.24, 2.45) is 11.8 Å². The molecule has 2 aromatic carbocycles. The zero-order chi connectivity index (χ0) is 15.7. The van der Waals surface area contributed by atoms with Gasteiger partial charge in [-0.1, -0.05) is 36.4 Å². The van der Waals surface area contributed by atoms with E-state index in [9.17, 15) is 5.11 Å². The number of benzene rings is 2. The molecule has 2 saturated heterocycles. The van der Waals surface area contributed by atoms with E-state index in [0.717, 1.165) is 23.5 Å². The first kappa shape index (κ1) is 16.6. The van der Waals surface area contributed by atoms with Crippen LogP contribution in [0.4, 0.5) is 0 Å². The van der Waals surface area contributed by atoms with Crippen molar-refractivity contribution in [3.63, 3.8) is 0 Å². The number of aliphatic hydroxyl groups excluding tert-OH is 1. The number of halogens is 1. The molecule has 1 saturated carbocycles. The molecule has 0 radical (unpaired) electrons. The van der Waals surface area contributed by atoms with E-state index < -0.39 is 0 Å². The first-order valence-electron chi connectivity index (χ1n) is 9.14. The Hall–Kier alpha value is -0.900. The summed E-state index contributed by atoms with van der Waals surface area (Å²) in [6.45, 7) is 5.79. The van der Waals surface area contributed by atoms with Crippen molar-refractivity contribution in [1.82, 2.24) is 0 Å². The predicted molar refractivity (Wildman–Crippen MR) is 92.9 cm³/mol. The summed E-state index contributed by atoms with van der Waals surface area (Å²) in [6, 6.07) is 15.6. The lowest BCUT2D eigenvalue weighted by molar-refractivity contribution is -0.966. The number of hydrogen-bond donors (Lipinski definition) is 1. The van der Waals surface area contributed by atoms with Crippen LogP contribution in [0.1, 0.15) is 31.7 Å². The van der Waals surface area contributed by atoms with E-state index in [-0.39, 0.29) is 23.1 Å². The van der Waals surface area contributed by atoms with Gasteiger partial charge in [-0.15, -0.1) is 0 Å². The lowest BCUT2D eigenvalue weighted by atomic mass is 9.83. The summed E-state index contributed by atoms with van der Waals surface area (Å²) in [5, 5.41) is 13.3. The largest absolute Gasteiger partial charge is 1.00 e. The SMILES string of the molecule is C[C@@]12[C@H]3CC[C@@H]1[C@H](O)C[N@+]2(Cc1ccc2ccccc2c1)CC3.[Br-]. The van der Waals surface area contributed by atoms with Gasteiger partial charge < -0.3 is 26.6 Å². The maximum Gasteiger partial charge on any atom is 0.112 e. The lowest BCUT2D eigenvalue weighted by Gasteiger charge is -2.44. The van der Waals surface area contributed by atoms with Crippen LogP contribution in [0, 0.1) is 11.8 Å². The monoisotopic (exact) mass is 387 g/mol. The number of rotatable bonds is 2. The summed E-state index contributed by atoms with van der Waals surface area (Å²) < 4.78 is 1.13. The van der Waals surface area contributed by atoms with Crippen molar-refractivity contribution in [2.45, 2.75) is 44.4 Å². The summed E-state index contributed by atoms with van der Waals surface area (Å²) in [6.07, 6.45) is 3.83. The van der Waals surface area contributed by atoms with Crippen molar-refractivity contribution < 1.29 is 26.6 Å². The van der Waals surface area contributed by atoms with E-state index in [1.165, 1.54) is 42.1 Å². The average molecular weight is 388 g/mol. The van der Waals surface area contributed by atoms with Gasteiger partial charge in [-0.05, 0) is 36.6 Å². The van der Waals surface area contributed by atoms with Crippen LogP contribution in [0.2, 0.25) is 0 Å². The van der Waals surface area contributed by atoms with Gasteiger partial charge >= 0.3 is 0 Å².